The summed E-state index contributed by atoms with van der Waals surface area (Å²) >= 11 is 0. The summed E-state index contributed by atoms with van der Waals surface area (Å²) in [6.07, 6.45) is 6.81. The Labute approximate surface area is 204 Å². The number of ketones is 1. The van der Waals surface area contributed by atoms with E-state index in [1.54, 1.807) is 44.7 Å². The molecule has 1 unspecified atom stereocenters. The van der Waals surface area contributed by atoms with Crippen molar-refractivity contribution in [1.82, 2.24) is 15.3 Å². The van der Waals surface area contributed by atoms with Crippen LogP contribution >= 0.6 is 0 Å². The second-order valence-electron chi connectivity index (χ2n) is 8.62. The molecule has 0 bridgehead atoms. The molecule has 3 N–H and O–H groups in total. The molecule has 0 spiro atoms. The van der Waals surface area contributed by atoms with Crippen LogP contribution in [0.5, 0.6) is 0 Å². The molecule has 35 heavy (non-hydrogen) atoms. The molecule has 0 fully saturated rings. The normalized spacial score (nSPS) is 12.4. The van der Waals surface area contributed by atoms with Gasteiger partial charge in [0.25, 0.3) is 0 Å². The number of halogens is 1. The number of allylic oxidation sites excluding steroid dienone is 2. The van der Waals surface area contributed by atoms with Gasteiger partial charge in [-0.25, -0.2) is 9.37 Å². The summed E-state index contributed by atoms with van der Waals surface area (Å²) in [6, 6.07) is 13.1. The van der Waals surface area contributed by atoms with Gasteiger partial charge in [0.15, 0.2) is 5.78 Å². The minimum Gasteiger partial charge on any atom is -0.393 e. The summed E-state index contributed by atoms with van der Waals surface area (Å²) in [5.41, 5.74) is 6.17. The summed E-state index contributed by atoms with van der Waals surface area (Å²) in [7, 11) is 1.80. The second kappa shape index (κ2) is 9.97. The van der Waals surface area contributed by atoms with Crippen LogP contribution < -0.4 is 10.6 Å². The van der Waals surface area contributed by atoms with Crippen molar-refractivity contribution in [3.05, 3.63) is 113 Å². The Morgan fingerprint density at radius 2 is 2.00 bits per heavy atom. The molecule has 4 aromatic rings. The van der Waals surface area contributed by atoms with Crippen molar-refractivity contribution in [1.29, 1.82) is 0 Å². The summed E-state index contributed by atoms with van der Waals surface area (Å²) in [5.74, 6) is -0.948. The van der Waals surface area contributed by atoms with Crippen LogP contribution in [0, 0.1) is 19.7 Å². The van der Waals surface area contributed by atoms with Gasteiger partial charge in [0.05, 0.1) is 5.56 Å². The minimum atomic E-state index is -0.554. The van der Waals surface area contributed by atoms with E-state index in [1.807, 2.05) is 38.1 Å². The molecule has 2 aromatic heterocycles. The predicted molar refractivity (Wildman–Crippen MR) is 141 cm³/mol. The van der Waals surface area contributed by atoms with Crippen molar-refractivity contribution in [3.63, 3.8) is 0 Å². The number of rotatable bonds is 8. The molecule has 0 aliphatic carbocycles. The maximum absolute atomic E-state index is 15.0. The van der Waals surface area contributed by atoms with E-state index in [1.165, 1.54) is 11.6 Å². The first-order valence-corrected chi connectivity index (χ1v) is 11.5. The van der Waals surface area contributed by atoms with Crippen molar-refractivity contribution < 1.29 is 9.18 Å². The number of aromatic amines is 1. The lowest BCUT2D eigenvalue weighted by Gasteiger charge is -2.19. The van der Waals surface area contributed by atoms with Crippen molar-refractivity contribution >= 4 is 28.1 Å². The Morgan fingerprint density at radius 3 is 2.71 bits per heavy atom. The number of pyridine rings is 1. The van der Waals surface area contributed by atoms with Gasteiger partial charge in [-0.1, -0.05) is 42.5 Å². The zero-order valence-electron chi connectivity index (χ0n) is 20.4. The first-order valence-electron chi connectivity index (χ1n) is 11.5. The summed E-state index contributed by atoms with van der Waals surface area (Å²) in [6.45, 7) is 9.70. The summed E-state index contributed by atoms with van der Waals surface area (Å²) in [4.78, 5) is 21.1. The van der Waals surface area contributed by atoms with Gasteiger partial charge < -0.3 is 15.6 Å². The topological polar surface area (TPSA) is 69.8 Å². The molecule has 0 radical (unpaired) electrons. The Kier molecular flexibility index (Phi) is 6.82. The van der Waals surface area contributed by atoms with Crippen LogP contribution in [-0.4, -0.2) is 22.8 Å². The van der Waals surface area contributed by atoms with Gasteiger partial charge in [0.2, 0.25) is 0 Å². The number of fused-ring (bicyclic) bond motifs is 1. The molecule has 0 aliphatic rings. The van der Waals surface area contributed by atoms with Crippen LogP contribution in [0.2, 0.25) is 0 Å². The van der Waals surface area contributed by atoms with E-state index in [0.717, 1.165) is 16.7 Å². The smallest absolute Gasteiger partial charge is 0.198 e. The molecular formula is C29H29FN4O. The van der Waals surface area contributed by atoms with Crippen LogP contribution in [0.3, 0.4) is 0 Å². The number of anilines is 1. The number of nitrogens with one attached hydrogen (secondary N) is 3. The Morgan fingerprint density at radius 1 is 1.20 bits per heavy atom. The fourth-order valence-corrected chi connectivity index (χ4v) is 4.27. The summed E-state index contributed by atoms with van der Waals surface area (Å²) < 4.78 is 15.0. The zero-order chi connectivity index (χ0) is 25.1. The number of benzene rings is 2. The first kappa shape index (κ1) is 24.0. The lowest BCUT2D eigenvalue weighted by atomic mass is 9.96. The molecule has 6 heteroatoms. The molecule has 2 heterocycles. The highest BCUT2D eigenvalue weighted by Gasteiger charge is 2.23. The molecule has 1 atom stereocenters. The third-order valence-electron chi connectivity index (χ3n) is 6.18. The third kappa shape index (κ3) is 4.73. The minimum absolute atomic E-state index is 0.0156. The lowest BCUT2D eigenvalue weighted by Crippen LogP contribution is -2.12. The Bertz CT molecular complexity index is 1450. The number of carbonyl (C=O) groups is 1. The average Bonchev–Trinajstić information content (AvgIpc) is 3.27. The van der Waals surface area contributed by atoms with Crippen molar-refractivity contribution in [2.75, 3.05) is 12.4 Å². The number of H-pyrrole nitrogens is 1. The van der Waals surface area contributed by atoms with Crippen molar-refractivity contribution in [2.24, 2.45) is 0 Å². The molecule has 0 amide bonds. The van der Waals surface area contributed by atoms with Gasteiger partial charge in [-0.2, -0.15) is 0 Å². The molecule has 0 saturated carbocycles. The third-order valence-corrected chi connectivity index (χ3v) is 6.18. The van der Waals surface area contributed by atoms with E-state index in [-0.39, 0.29) is 11.6 Å². The molecule has 4 rings (SSSR count). The maximum Gasteiger partial charge on any atom is 0.198 e. The second-order valence-corrected chi connectivity index (χ2v) is 8.62. The van der Waals surface area contributed by atoms with E-state index in [0.29, 0.717) is 27.8 Å². The fourth-order valence-electron chi connectivity index (χ4n) is 4.27. The van der Waals surface area contributed by atoms with E-state index < -0.39 is 11.6 Å². The van der Waals surface area contributed by atoms with Crippen LogP contribution in [-0.2, 0) is 0 Å². The van der Waals surface area contributed by atoms with E-state index in [9.17, 15) is 4.79 Å². The fraction of sp³-hybridized carbons (Fsp3) is 0.172. The zero-order valence-corrected chi connectivity index (χ0v) is 20.4. The van der Waals surface area contributed by atoms with Gasteiger partial charge in [-0.3, -0.25) is 4.79 Å². The van der Waals surface area contributed by atoms with Gasteiger partial charge in [-0.05, 0) is 55.7 Å². The van der Waals surface area contributed by atoms with Crippen LogP contribution in [0.15, 0.2) is 73.7 Å². The molecule has 0 saturated heterocycles. The number of aromatic nitrogens is 2. The standard InChI is InChI=1S/C29H29FN4O/c1-6-20(14-31-5)22-13-23-24(16-33-29(23)32-15-22)28(35)27-18(3)26(11-10-25(27)30)34-19(4)21-9-7-8-17(2)12-21/h6-16,19,31,34H,1H2,2-5H3,(H,32,33)/b20-14+. The molecule has 0 aliphatic heterocycles. The molecular weight excluding hydrogens is 439 g/mol. The van der Waals surface area contributed by atoms with E-state index >= 15 is 4.39 Å². The monoisotopic (exact) mass is 468 g/mol. The molecule has 5 nitrogen and oxygen atoms in total. The lowest BCUT2D eigenvalue weighted by molar-refractivity contribution is 0.103. The predicted octanol–water partition coefficient (Wildman–Crippen LogP) is 6.47. The van der Waals surface area contributed by atoms with Gasteiger partial charge >= 0.3 is 0 Å². The molecule has 178 valence electrons. The number of hydrogen-bond acceptors (Lipinski definition) is 4. The van der Waals surface area contributed by atoms with Crippen molar-refractivity contribution in [3.8, 4) is 0 Å². The SMILES string of the molecule is C=C/C(=C\NC)c1cnc2[nH]cc(C(=O)c3c(F)ccc(NC(C)c4cccc(C)c4)c3C)c2c1. The maximum atomic E-state index is 15.0. The van der Waals surface area contributed by atoms with Crippen molar-refractivity contribution in [2.45, 2.75) is 26.8 Å². The Balaban J connectivity index is 1.73. The average molecular weight is 469 g/mol. The first-order chi connectivity index (χ1) is 16.8. The van der Waals surface area contributed by atoms with Gasteiger partial charge in [0.1, 0.15) is 11.5 Å². The summed E-state index contributed by atoms with van der Waals surface area (Å²) in [5, 5.41) is 7.05. The number of carbonyl (C=O) groups excluding carboxylic acids is 1. The van der Waals surface area contributed by atoms with Gasteiger partial charge in [0, 0.05) is 53.9 Å². The van der Waals surface area contributed by atoms with Gasteiger partial charge in [-0.15, -0.1) is 0 Å². The number of hydrogen-bond donors (Lipinski definition) is 3. The molecule has 2 aromatic carbocycles. The Hall–Kier alpha value is -4.19. The van der Waals surface area contributed by atoms with E-state index in [4.69, 9.17) is 0 Å². The highest BCUT2D eigenvalue weighted by molar-refractivity contribution is 6.17. The van der Waals surface area contributed by atoms with Crippen LogP contribution in [0.25, 0.3) is 16.6 Å². The van der Waals surface area contributed by atoms with E-state index in [2.05, 4.69) is 33.2 Å². The number of nitrogens with zero attached hydrogens (tertiary/aromatic N) is 1. The largest absolute Gasteiger partial charge is 0.393 e. The van der Waals surface area contributed by atoms with Crippen LogP contribution in [0.1, 0.15) is 51.1 Å². The van der Waals surface area contributed by atoms with Crippen LogP contribution in [0.4, 0.5) is 10.1 Å². The highest BCUT2D eigenvalue weighted by atomic mass is 19.1. The quantitative estimate of drug-likeness (QED) is 0.205. The number of aryl methyl sites for hydroxylation is 1. The highest BCUT2D eigenvalue weighted by Crippen LogP contribution is 2.30.